The highest BCUT2D eigenvalue weighted by Crippen LogP contribution is 2.21. The molecule has 0 aromatic heterocycles. The molecule has 1 saturated heterocycles. The molecule has 0 amide bonds. The Labute approximate surface area is 165 Å². The number of aliphatic hydroxyl groups is 3. The Bertz CT molecular complexity index is 361. The van der Waals surface area contributed by atoms with Crippen LogP contribution < -0.4 is 0 Å². The first kappa shape index (κ1) is 24.6. The molecule has 160 valence electrons. The molecule has 0 aromatic carbocycles. The van der Waals surface area contributed by atoms with Gasteiger partial charge in [-0.1, -0.05) is 64.0 Å². The zero-order chi connectivity index (χ0) is 19.7. The maximum Gasteiger partial charge on any atom is 0.114 e. The number of allylic oxidation sites excluding steroid dienone is 2. The highest BCUT2D eigenvalue weighted by molar-refractivity contribution is 4.89. The molecular weight excluding hydrogens is 344 g/mol. The molecule has 0 aromatic rings. The lowest BCUT2D eigenvalue weighted by molar-refractivity contribution is -0.0938. The average molecular weight is 387 g/mol. The molecule has 0 saturated carbocycles. The second-order valence-electron chi connectivity index (χ2n) is 7.68. The third-order valence-corrected chi connectivity index (χ3v) is 5.20. The molecule has 0 spiro atoms. The normalized spacial score (nSPS) is 24.1. The highest BCUT2D eigenvalue weighted by atomic mass is 16.6. The van der Waals surface area contributed by atoms with Gasteiger partial charge in [-0.2, -0.15) is 0 Å². The van der Waals surface area contributed by atoms with E-state index >= 15 is 0 Å². The maximum absolute atomic E-state index is 9.87. The van der Waals surface area contributed by atoms with Gasteiger partial charge in [-0.3, -0.25) is 0 Å². The lowest BCUT2D eigenvalue weighted by Gasteiger charge is -2.23. The first-order valence-corrected chi connectivity index (χ1v) is 11.1. The van der Waals surface area contributed by atoms with Crippen molar-refractivity contribution in [3.05, 3.63) is 12.2 Å². The third kappa shape index (κ3) is 11.2. The summed E-state index contributed by atoms with van der Waals surface area (Å²) in [5.74, 6) is 0. The van der Waals surface area contributed by atoms with Gasteiger partial charge in [0.25, 0.3) is 0 Å². The Hall–Kier alpha value is -0.460. The molecule has 0 unspecified atom stereocenters. The maximum atomic E-state index is 9.87. The second kappa shape index (κ2) is 16.5. The number of hydrogen-bond acceptors (Lipinski definition) is 5. The van der Waals surface area contributed by atoms with Crippen molar-refractivity contribution in [3.8, 4) is 0 Å². The van der Waals surface area contributed by atoms with Crippen LogP contribution in [0.25, 0.3) is 0 Å². The van der Waals surface area contributed by atoms with Crippen LogP contribution in [0.15, 0.2) is 12.2 Å². The molecular formula is C22H42O5. The topological polar surface area (TPSA) is 79.2 Å². The summed E-state index contributed by atoms with van der Waals surface area (Å²) in [4.78, 5) is 0. The largest absolute Gasteiger partial charge is 0.394 e. The van der Waals surface area contributed by atoms with E-state index < -0.39 is 24.4 Å². The van der Waals surface area contributed by atoms with E-state index in [1.165, 1.54) is 57.8 Å². The van der Waals surface area contributed by atoms with Crippen molar-refractivity contribution in [2.24, 2.45) is 0 Å². The summed E-state index contributed by atoms with van der Waals surface area (Å²) in [6.07, 6.45) is 16.7. The fourth-order valence-electron chi connectivity index (χ4n) is 3.47. The lowest BCUT2D eigenvalue weighted by atomic mass is 10.1. The van der Waals surface area contributed by atoms with Gasteiger partial charge in [-0.05, 0) is 32.1 Å². The number of unbranched alkanes of at least 4 members (excludes halogenated alkanes) is 10. The molecule has 5 nitrogen and oxygen atoms in total. The lowest BCUT2D eigenvalue weighted by Crippen LogP contribution is -2.42. The van der Waals surface area contributed by atoms with Crippen LogP contribution in [0.5, 0.6) is 0 Å². The Kier molecular flexibility index (Phi) is 15.0. The van der Waals surface area contributed by atoms with Crippen molar-refractivity contribution in [1.29, 1.82) is 0 Å². The summed E-state index contributed by atoms with van der Waals surface area (Å²) in [6, 6.07) is 0. The summed E-state index contributed by atoms with van der Waals surface area (Å²) in [6.45, 7) is 2.57. The predicted octanol–water partition coefficient (Wildman–Crippen LogP) is 3.74. The predicted molar refractivity (Wildman–Crippen MR) is 109 cm³/mol. The van der Waals surface area contributed by atoms with Crippen molar-refractivity contribution in [3.63, 3.8) is 0 Å². The summed E-state index contributed by atoms with van der Waals surface area (Å²) in [7, 11) is 0. The van der Waals surface area contributed by atoms with Gasteiger partial charge in [-0.15, -0.1) is 0 Å². The molecule has 1 aliphatic heterocycles. The SMILES string of the molecule is CCCCCCCC/C=C/CCCCCCO[C@@H]1[C@H]([C@H](O)CO)OC[C@@H]1O. The van der Waals surface area contributed by atoms with Gasteiger partial charge in [0.1, 0.15) is 24.4 Å². The minimum Gasteiger partial charge on any atom is -0.394 e. The zero-order valence-corrected chi connectivity index (χ0v) is 17.2. The monoisotopic (exact) mass is 386 g/mol. The molecule has 0 radical (unpaired) electrons. The van der Waals surface area contributed by atoms with Crippen LogP contribution in [0.3, 0.4) is 0 Å². The van der Waals surface area contributed by atoms with E-state index in [1.54, 1.807) is 0 Å². The van der Waals surface area contributed by atoms with E-state index in [0.29, 0.717) is 6.61 Å². The van der Waals surface area contributed by atoms with Gasteiger partial charge >= 0.3 is 0 Å². The van der Waals surface area contributed by atoms with Crippen LogP contribution in [0.4, 0.5) is 0 Å². The van der Waals surface area contributed by atoms with Gasteiger partial charge in [0.05, 0.1) is 13.2 Å². The van der Waals surface area contributed by atoms with E-state index in [1.807, 2.05) is 0 Å². The van der Waals surface area contributed by atoms with Gasteiger partial charge in [0.2, 0.25) is 0 Å². The van der Waals surface area contributed by atoms with Crippen LogP contribution in [0, 0.1) is 0 Å². The number of aliphatic hydroxyl groups excluding tert-OH is 3. The second-order valence-corrected chi connectivity index (χ2v) is 7.68. The van der Waals surface area contributed by atoms with Crippen molar-refractivity contribution in [2.75, 3.05) is 19.8 Å². The summed E-state index contributed by atoms with van der Waals surface area (Å²) >= 11 is 0. The fourth-order valence-corrected chi connectivity index (χ4v) is 3.47. The van der Waals surface area contributed by atoms with Gasteiger partial charge in [0, 0.05) is 6.61 Å². The fraction of sp³-hybridized carbons (Fsp3) is 0.909. The minimum atomic E-state index is -1.00. The van der Waals surface area contributed by atoms with E-state index in [9.17, 15) is 10.2 Å². The molecule has 1 aliphatic rings. The van der Waals surface area contributed by atoms with Crippen molar-refractivity contribution >= 4 is 0 Å². The molecule has 27 heavy (non-hydrogen) atoms. The molecule has 0 aliphatic carbocycles. The first-order valence-electron chi connectivity index (χ1n) is 11.1. The number of rotatable bonds is 17. The zero-order valence-electron chi connectivity index (χ0n) is 17.2. The van der Waals surface area contributed by atoms with Crippen LogP contribution in [0.1, 0.15) is 84.0 Å². The smallest absolute Gasteiger partial charge is 0.114 e. The van der Waals surface area contributed by atoms with Gasteiger partial charge in [0.15, 0.2) is 0 Å². The summed E-state index contributed by atoms with van der Waals surface area (Å²) in [5, 5.41) is 28.6. The minimum absolute atomic E-state index is 0.150. The summed E-state index contributed by atoms with van der Waals surface area (Å²) < 4.78 is 11.0. The molecule has 1 heterocycles. The molecule has 1 fully saturated rings. The Morgan fingerprint density at radius 2 is 1.56 bits per heavy atom. The Balaban J connectivity index is 1.92. The highest BCUT2D eigenvalue weighted by Gasteiger charge is 2.40. The van der Waals surface area contributed by atoms with E-state index in [0.717, 1.165) is 19.3 Å². The Morgan fingerprint density at radius 3 is 2.19 bits per heavy atom. The molecule has 1 rings (SSSR count). The quantitative estimate of drug-likeness (QED) is 0.262. The average Bonchev–Trinajstić information content (AvgIpc) is 3.04. The van der Waals surface area contributed by atoms with Gasteiger partial charge in [-0.25, -0.2) is 0 Å². The molecule has 3 N–H and O–H groups in total. The van der Waals surface area contributed by atoms with E-state index in [2.05, 4.69) is 19.1 Å². The standard InChI is InChI=1S/C22H42O5/c1-2-3-4-5-6-7-8-9-10-11-12-13-14-15-16-26-22-20(25)18-27-21(22)19(24)17-23/h9-10,19-25H,2-8,11-18H2,1H3/b10-9+/t19-,20+,21+,22+/m1/s1. The van der Waals surface area contributed by atoms with Gasteiger partial charge < -0.3 is 24.8 Å². The first-order chi connectivity index (χ1) is 13.2. The van der Waals surface area contributed by atoms with Crippen molar-refractivity contribution in [2.45, 2.75) is 108 Å². The van der Waals surface area contributed by atoms with Crippen LogP contribution >= 0.6 is 0 Å². The van der Waals surface area contributed by atoms with Crippen LogP contribution in [-0.2, 0) is 9.47 Å². The molecule has 5 heteroatoms. The van der Waals surface area contributed by atoms with Crippen molar-refractivity contribution < 1.29 is 24.8 Å². The third-order valence-electron chi connectivity index (χ3n) is 5.20. The molecule has 4 atom stereocenters. The Morgan fingerprint density at radius 1 is 0.963 bits per heavy atom. The number of ether oxygens (including phenoxy) is 2. The van der Waals surface area contributed by atoms with Crippen molar-refractivity contribution in [1.82, 2.24) is 0 Å². The number of hydrogen-bond donors (Lipinski definition) is 3. The molecule has 0 bridgehead atoms. The van der Waals surface area contributed by atoms with Crippen LogP contribution in [-0.4, -0.2) is 59.6 Å². The summed E-state index contributed by atoms with van der Waals surface area (Å²) in [5.41, 5.74) is 0. The van der Waals surface area contributed by atoms with Crippen LogP contribution in [0.2, 0.25) is 0 Å². The van der Waals surface area contributed by atoms with E-state index in [-0.39, 0.29) is 13.2 Å². The van der Waals surface area contributed by atoms with E-state index in [4.69, 9.17) is 14.6 Å².